The second-order valence-corrected chi connectivity index (χ2v) is 8.10. The lowest BCUT2D eigenvalue weighted by molar-refractivity contribution is 0.0383. The highest BCUT2D eigenvalue weighted by Gasteiger charge is 2.13. The Labute approximate surface area is 180 Å². The number of amides is 1. The molecule has 3 aromatic rings. The van der Waals surface area contributed by atoms with Crippen molar-refractivity contribution in [2.75, 3.05) is 39.4 Å². The number of thiophene rings is 1. The van der Waals surface area contributed by atoms with Gasteiger partial charge in [-0.1, -0.05) is 48.5 Å². The van der Waals surface area contributed by atoms with Crippen LogP contribution in [-0.4, -0.2) is 56.5 Å². The lowest BCUT2D eigenvalue weighted by Gasteiger charge is -2.26. The Morgan fingerprint density at radius 2 is 1.77 bits per heavy atom. The van der Waals surface area contributed by atoms with E-state index < -0.39 is 0 Å². The van der Waals surface area contributed by atoms with Crippen LogP contribution in [0.15, 0.2) is 60.0 Å². The van der Waals surface area contributed by atoms with Gasteiger partial charge in [-0.05, 0) is 33.7 Å². The summed E-state index contributed by atoms with van der Waals surface area (Å²) in [5, 5.41) is 5.02. The molecule has 1 saturated heterocycles. The fourth-order valence-corrected chi connectivity index (χ4v) is 4.38. The second-order valence-electron chi connectivity index (χ2n) is 7.19. The van der Waals surface area contributed by atoms with Crippen molar-refractivity contribution in [3.05, 3.63) is 70.4 Å². The van der Waals surface area contributed by atoms with Gasteiger partial charge in [0, 0.05) is 31.7 Å². The molecule has 0 atom stereocenters. The molecular weight excluding hydrogens is 396 g/mol. The first-order valence-corrected chi connectivity index (χ1v) is 10.9. The molecule has 0 bridgehead atoms. The first kappa shape index (κ1) is 20.5. The van der Waals surface area contributed by atoms with E-state index in [-0.39, 0.29) is 5.91 Å². The van der Waals surface area contributed by atoms with Gasteiger partial charge in [-0.2, -0.15) is 0 Å². The van der Waals surface area contributed by atoms with Gasteiger partial charge >= 0.3 is 0 Å². The van der Waals surface area contributed by atoms with Gasteiger partial charge in [0.15, 0.2) is 6.29 Å². The SMILES string of the molecule is O=Cc1ccccc1-c1ccc(-c2csc(C(=O)NCCN3CCOCC3)c2)cc1. The molecule has 2 aromatic carbocycles. The minimum atomic E-state index is -0.0314. The standard InChI is InChI=1S/C24H24N2O3S/c27-16-20-3-1-2-4-22(20)19-7-5-18(6-8-19)21-15-23(30-17-21)24(28)25-9-10-26-11-13-29-14-12-26/h1-8,15-17H,9-14H2,(H,25,28). The molecule has 6 heteroatoms. The molecule has 0 spiro atoms. The summed E-state index contributed by atoms with van der Waals surface area (Å²) in [6.07, 6.45) is 0.881. The van der Waals surface area contributed by atoms with E-state index in [9.17, 15) is 9.59 Å². The molecule has 30 heavy (non-hydrogen) atoms. The van der Waals surface area contributed by atoms with Gasteiger partial charge in [0.1, 0.15) is 0 Å². The van der Waals surface area contributed by atoms with Gasteiger partial charge in [-0.25, -0.2) is 0 Å². The number of carbonyl (C=O) groups excluding carboxylic acids is 2. The number of nitrogens with one attached hydrogen (secondary N) is 1. The average molecular weight is 421 g/mol. The van der Waals surface area contributed by atoms with Gasteiger partial charge in [0.25, 0.3) is 5.91 Å². The van der Waals surface area contributed by atoms with E-state index in [0.29, 0.717) is 17.0 Å². The zero-order valence-corrected chi connectivity index (χ0v) is 17.5. The number of benzene rings is 2. The van der Waals surface area contributed by atoms with Crippen molar-refractivity contribution in [3.63, 3.8) is 0 Å². The first-order valence-electron chi connectivity index (χ1n) is 10.1. The van der Waals surface area contributed by atoms with E-state index in [1.54, 1.807) is 0 Å². The molecule has 5 nitrogen and oxygen atoms in total. The molecule has 1 fully saturated rings. The molecular formula is C24H24N2O3S. The van der Waals surface area contributed by atoms with Gasteiger partial charge in [0.2, 0.25) is 0 Å². The van der Waals surface area contributed by atoms with Crippen LogP contribution < -0.4 is 5.32 Å². The molecule has 1 amide bonds. The number of ether oxygens (including phenoxy) is 1. The maximum atomic E-state index is 12.5. The highest BCUT2D eigenvalue weighted by Crippen LogP contribution is 2.29. The zero-order chi connectivity index (χ0) is 20.8. The van der Waals surface area contributed by atoms with Crippen molar-refractivity contribution >= 4 is 23.5 Å². The topological polar surface area (TPSA) is 58.6 Å². The van der Waals surface area contributed by atoms with E-state index >= 15 is 0 Å². The van der Waals surface area contributed by atoms with Crippen molar-refractivity contribution in [2.24, 2.45) is 0 Å². The monoisotopic (exact) mass is 420 g/mol. The van der Waals surface area contributed by atoms with Crippen LogP contribution >= 0.6 is 11.3 Å². The minimum Gasteiger partial charge on any atom is -0.379 e. The highest BCUT2D eigenvalue weighted by atomic mass is 32.1. The molecule has 1 aliphatic heterocycles. The van der Waals surface area contributed by atoms with E-state index in [2.05, 4.69) is 10.2 Å². The zero-order valence-electron chi connectivity index (χ0n) is 16.7. The fourth-order valence-electron chi connectivity index (χ4n) is 3.55. The average Bonchev–Trinajstić information content (AvgIpc) is 3.30. The van der Waals surface area contributed by atoms with E-state index in [4.69, 9.17) is 4.74 Å². The predicted molar refractivity (Wildman–Crippen MR) is 120 cm³/mol. The number of aldehydes is 1. The summed E-state index contributed by atoms with van der Waals surface area (Å²) < 4.78 is 5.34. The quantitative estimate of drug-likeness (QED) is 0.588. The third-order valence-electron chi connectivity index (χ3n) is 5.26. The van der Waals surface area contributed by atoms with Crippen LogP contribution in [0.5, 0.6) is 0 Å². The van der Waals surface area contributed by atoms with Gasteiger partial charge in [-0.3, -0.25) is 14.5 Å². The first-order chi connectivity index (χ1) is 14.7. The Morgan fingerprint density at radius 1 is 1.03 bits per heavy atom. The molecule has 1 aromatic heterocycles. The van der Waals surface area contributed by atoms with Crippen LogP contribution in [0.2, 0.25) is 0 Å². The molecule has 1 N–H and O–H groups in total. The summed E-state index contributed by atoms with van der Waals surface area (Å²) in [5.41, 5.74) is 4.67. The molecule has 0 aliphatic carbocycles. The Morgan fingerprint density at radius 3 is 2.53 bits per heavy atom. The second kappa shape index (κ2) is 9.80. The molecule has 4 rings (SSSR count). The smallest absolute Gasteiger partial charge is 0.261 e. The van der Waals surface area contributed by atoms with Crippen LogP contribution in [0.1, 0.15) is 20.0 Å². The number of rotatable bonds is 7. The summed E-state index contributed by atoms with van der Waals surface area (Å²) in [7, 11) is 0. The molecule has 2 heterocycles. The number of hydrogen-bond acceptors (Lipinski definition) is 5. The van der Waals surface area contributed by atoms with Crippen LogP contribution in [0.3, 0.4) is 0 Å². The Balaban J connectivity index is 1.38. The summed E-state index contributed by atoms with van der Waals surface area (Å²) in [4.78, 5) is 26.7. The number of nitrogens with zero attached hydrogens (tertiary/aromatic N) is 1. The summed E-state index contributed by atoms with van der Waals surface area (Å²) in [6, 6.07) is 17.6. The predicted octanol–water partition coefficient (Wildman–Crippen LogP) is 3.96. The molecule has 1 aliphatic rings. The maximum Gasteiger partial charge on any atom is 0.261 e. The van der Waals surface area contributed by atoms with Crippen molar-refractivity contribution in [1.29, 1.82) is 0 Å². The van der Waals surface area contributed by atoms with Crippen LogP contribution in [-0.2, 0) is 4.74 Å². The molecule has 0 unspecified atom stereocenters. The van der Waals surface area contributed by atoms with Crippen molar-refractivity contribution in [3.8, 4) is 22.3 Å². The largest absolute Gasteiger partial charge is 0.379 e. The van der Waals surface area contributed by atoms with Gasteiger partial charge < -0.3 is 10.1 Å². The van der Waals surface area contributed by atoms with E-state index in [1.807, 2.05) is 60.0 Å². The number of hydrogen-bond donors (Lipinski definition) is 1. The molecule has 0 saturated carbocycles. The van der Waals surface area contributed by atoms with Crippen LogP contribution in [0, 0.1) is 0 Å². The Kier molecular flexibility index (Phi) is 6.69. The minimum absolute atomic E-state index is 0.0314. The third kappa shape index (κ3) is 4.84. The molecule has 154 valence electrons. The van der Waals surface area contributed by atoms with E-state index in [0.717, 1.165) is 61.4 Å². The van der Waals surface area contributed by atoms with Gasteiger partial charge in [-0.15, -0.1) is 11.3 Å². The van der Waals surface area contributed by atoms with E-state index in [1.165, 1.54) is 11.3 Å². The van der Waals surface area contributed by atoms with Crippen molar-refractivity contribution in [1.82, 2.24) is 10.2 Å². The van der Waals surface area contributed by atoms with Crippen molar-refractivity contribution < 1.29 is 14.3 Å². The summed E-state index contributed by atoms with van der Waals surface area (Å²) in [6.45, 7) is 4.86. The Hall–Kier alpha value is -2.80. The third-order valence-corrected chi connectivity index (χ3v) is 6.19. The lowest BCUT2D eigenvalue weighted by Crippen LogP contribution is -2.41. The fraction of sp³-hybridized carbons (Fsp3) is 0.250. The van der Waals surface area contributed by atoms with Crippen molar-refractivity contribution in [2.45, 2.75) is 0 Å². The molecule has 0 radical (unpaired) electrons. The maximum absolute atomic E-state index is 12.5. The van der Waals surface area contributed by atoms with Gasteiger partial charge in [0.05, 0.1) is 18.1 Å². The summed E-state index contributed by atoms with van der Waals surface area (Å²) >= 11 is 1.45. The number of morpholine rings is 1. The highest BCUT2D eigenvalue weighted by molar-refractivity contribution is 7.12. The lowest BCUT2D eigenvalue weighted by atomic mass is 9.98. The van der Waals surface area contributed by atoms with Crippen LogP contribution in [0.25, 0.3) is 22.3 Å². The van der Waals surface area contributed by atoms with Crippen LogP contribution in [0.4, 0.5) is 0 Å². The summed E-state index contributed by atoms with van der Waals surface area (Å²) in [5.74, 6) is -0.0314. The normalized spacial score (nSPS) is 14.4. The number of carbonyl (C=O) groups is 2. The Bertz CT molecular complexity index is 1010.